The van der Waals surface area contributed by atoms with Crippen molar-refractivity contribution in [2.24, 2.45) is 0 Å². The van der Waals surface area contributed by atoms with Crippen LogP contribution in [0.2, 0.25) is 0 Å². The van der Waals surface area contributed by atoms with E-state index >= 15 is 0 Å². The Morgan fingerprint density at radius 1 is 1.08 bits per heavy atom. The Kier molecular flexibility index (Phi) is 7.17. The molecule has 0 bridgehead atoms. The van der Waals surface area contributed by atoms with Gasteiger partial charge in [-0.1, -0.05) is 42.5 Å². The number of carbonyl (C=O) groups excluding carboxylic acids is 1. The minimum absolute atomic E-state index is 0.221. The molecule has 0 aliphatic heterocycles. The monoisotopic (exact) mass is 357 g/mol. The second kappa shape index (κ2) is 9.58. The first-order chi connectivity index (χ1) is 12.5. The van der Waals surface area contributed by atoms with Crippen LogP contribution < -0.4 is 4.74 Å². The number of methoxy groups -OCH3 is 1. The smallest absolute Gasteiger partial charge is 0.323 e. The second-order valence-corrected chi connectivity index (χ2v) is 5.88. The molecule has 2 rings (SSSR count). The molecule has 0 saturated carbocycles. The number of benzene rings is 2. The molecule has 0 aliphatic rings. The third-order valence-corrected chi connectivity index (χ3v) is 3.84. The molecule has 0 heterocycles. The molecular weight excluding hydrogens is 334 g/mol. The Morgan fingerprint density at radius 2 is 1.77 bits per heavy atom. The lowest BCUT2D eigenvalue weighted by atomic mass is 10.2. The summed E-state index contributed by atoms with van der Waals surface area (Å²) in [7, 11) is 1.58. The molecule has 138 valence electrons. The van der Waals surface area contributed by atoms with Gasteiger partial charge in [0.15, 0.2) is 0 Å². The molecule has 1 unspecified atom stereocenters. The molecule has 1 amide bonds. The van der Waals surface area contributed by atoms with Crippen molar-refractivity contribution in [3.63, 3.8) is 0 Å². The third kappa shape index (κ3) is 5.89. The zero-order valence-corrected chi connectivity index (χ0v) is 14.9. The predicted molar refractivity (Wildman–Crippen MR) is 96.7 cm³/mol. The average Bonchev–Trinajstić information content (AvgIpc) is 2.65. The molecule has 2 aromatic rings. The Bertz CT molecular complexity index is 732. The summed E-state index contributed by atoms with van der Waals surface area (Å²) in [6.45, 7) is 1.71. The van der Waals surface area contributed by atoms with Crippen molar-refractivity contribution in [2.75, 3.05) is 13.7 Å². The lowest BCUT2D eigenvalue weighted by molar-refractivity contribution is -0.151. The highest BCUT2D eigenvalue weighted by atomic mass is 16.5. The van der Waals surface area contributed by atoms with Gasteiger partial charge in [-0.15, -0.1) is 0 Å². The van der Waals surface area contributed by atoms with Gasteiger partial charge in [0.25, 0.3) is 5.91 Å². The van der Waals surface area contributed by atoms with E-state index in [1.54, 1.807) is 14.0 Å². The fraction of sp³-hybridized carbons (Fsp3) is 0.300. The van der Waals surface area contributed by atoms with Gasteiger partial charge in [-0.3, -0.25) is 9.59 Å². The fourth-order valence-electron chi connectivity index (χ4n) is 2.49. The van der Waals surface area contributed by atoms with E-state index in [1.165, 1.54) is 4.90 Å². The summed E-state index contributed by atoms with van der Waals surface area (Å²) in [5.74, 6) is -0.713. The van der Waals surface area contributed by atoms with Crippen molar-refractivity contribution in [3.8, 4) is 5.75 Å². The molecule has 6 heteroatoms. The van der Waals surface area contributed by atoms with Crippen LogP contribution in [-0.2, 0) is 27.5 Å². The molecule has 2 aromatic carbocycles. The van der Waals surface area contributed by atoms with Crippen molar-refractivity contribution in [1.82, 2.24) is 4.90 Å². The van der Waals surface area contributed by atoms with Crippen molar-refractivity contribution in [3.05, 3.63) is 65.7 Å². The largest absolute Gasteiger partial charge is 0.497 e. The third-order valence-electron chi connectivity index (χ3n) is 3.84. The second-order valence-electron chi connectivity index (χ2n) is 5.88. The van der Waals surface area contributed by atoms with E-state index in [0.717, 1.165) is 11.1 Å². The highest BCUT2D eigenvalue weighted by molar-refractivity contribution is 5.84. The normalized spacial score (nSPS) is 11.6. The van der Waals surface area contributed by atoms with Gasteiger partial charge in [-0.05, 0) is 30.2 Å². The van der Waals surface area contributed by atoms with Gasteiger partial charge < -0.3 is 19.5 Å². The summed E-state index contributed by atoms with van der Waals surface area (Å²) in [6.07, 6.45) is -0.760. The number of nitrogens with zero attached hydrogens (tertiary/aromatic N) is 1. The zero-order chi connectivity index (χ0) is 18.9. The molecule has 0 aromatic heterocycles. The Morgan fingerprint density at radius 3 is 2.42 bits per heavy atom. The standard InChI is InChI=1S/C20H23NO5/c1-15(26-14-17-9-6-10-18(11-17)25-2)20(24)21(13-19(22)23)12-16-7-4-3-5-8-16/h3-11,15H,12-14H2,1-2H3,(H,22,23). The summed E-state index contributed by atoms with van der Waals surface area (Å²) in [4.78, 5) is 25.1. The Labute approximate surface area is 153 Å². The average molecular weight is 357 g/mol. The summed E-state index contributed by atoms with van der Waals surface area (Å²) in [5, 5.41) is 9.11. The van der Waals surface area contributed by atoms with Crippen molar-refractivity contribution >= 4 is 11.9 Å². The molecule has 0 spiro atoms. The van der Waals surface area contributed by atoms with Gasteiger partial charge in [-0.2, -0.15) is 0 Å². The quantitative estimate of drug-likeness (QED) is 0.747. The molecule has 6 nitrogen and oxygen atoms in total. The lowest BCUT2D eigenvalue weighted by Gasteiger charge is -2.24. The zero-order valence-electron chi connectivity index (χ0n) is 14.9. The highest BCUT2D eigenvalue weighted by Crippen LogP contribution is 2.15. The van der Waals surface area contributed by atoms with Crippen LogP contribution in [0, 0.1) is 0 Å². The number of amides is 1. The van der Waals surface area contributed by atoms with Crippen LogP contribution in [0.15, 0.2) is 54.6 Å². The van der Waals surface area contributed by atoms with E-state index in [1.807, 2.05) is 54.6 Å². The van der Waals surface area contributed by atoms with Crippen molar-refractivity contribution in [1.29, 1.82) is 0 Å². The molecule has 0 radical (unpaired) electrons. The van der Waals surface area contributed by atoms with Crippen molar-refractivity contribution < 1.29 is 24.2 Å². The number of carbonyl (C=O) groups is 2. The van der Waals surface area contributed by atoms with Gasteiger partial charge in [0.1, 0.15) is 18.4 Å². The van der Waals surface area contributed by atoms with Crippen molar-refractivity contribution in [2.45, 2.75) is 26.2 Å². The maximum absolute atomic E-state index is 12.6. The van der Waals surface area contributed by atoms with E-state index in [9.17, 15) is 9.59 Å². The number of carboxylic acid groups (broad SMARTS) is 1. The van der Waals surface area contributed by atoms with Crippen LogP contribution in [0.25, 0.3) is 0 Å². The molecule has 1 N–H and O–H groups in total. The summed E-state index contributed by atoms with van der Waals surface area (Å²) in [5.41, 5.74) is 1.74. The molecule has 0 aliphatic carbocycles. The van der Waals surface area contributed by atoms with E-state index in [4.69, 9.17) is 14.6 Å². The van der Waals surface area contributed by atoms with Crippen LogP contribution in [-0.4, -0.2) is 41.6 Å². The molecule has 1 atom stereocenters. The van der Waals surface area contributed by atoms with Crippen LogP contribution in [0.4, 0.5) is 0 Å². The number of hydrogen-bond donors (Lipinski definition) is 1. The van der Waals surface area contributed by atoms with E-state index in [2.05, 4.69) is 0 Å². The van der Waals surface area contributed by atoms with E-state index in [-0.39, 0.29) is 25.6 Å². The number of rotatable bonds is 9. The molecule has 0 fully saturated rings. The maximum Gasteiger partial charge on any atom is 0.323 e. The van der Waals surface area contributed by atoms with Crippen LogP contribution >= 0.6 is 0 Å². The lowest BCUT2D eigenvalue weighted by Crippen LogP contribution is -2.41. The Balaban J connectivity index is 2.00. The fourth-order valence-corrected chi connectivity index (χ4v) is 2.49. The summed E-state index contributed by atoms with van der Waals surface area (Å²) in [6, 6.07) is 16.6. The SMILES string of the molecule is COc1cccc(COC(C)C(=O)N(CC(=O)O)Cc2ccccc2)c1. The predicted octanol–water partition coefficient (Wildman–Crippen LogP) is 2.71. The van der Waals surface area contributed by atoms with Gasteiger partial charge >= 0.3 is 5.97 Å². The number of ether oxygens (including phenoxy) is 2. The Hall–Kier alpha value is -2.86. The van der Waals surface area contributed by atoms with Crippen LogP contribution in [0.5, 0.6) is 5.75 Å². The number of carboxylic acids is 1. The van der Waals surface area contributed by atoms with Gasteiger partial charge in [0, 0.05) is 6.54 Å². The number of hydrogen-bond acceptors (Lipinski definition) is 4. The number of aliphatic carboxylic acids is 1. The first kappa shape index (κ1) is 19.5. The van der Waals surface area contributed by atoms with Gasteiger partial charge in [0.05, 0.1) is 13.7 Å². The first-order valence-electron chi connectivity index (χ1n) is 8.28. The first-order valence-corrected chi connectivity index (χ1v) is 8.28. The summed E-state index contributed by atoms with van der Waals surface area (Å²) < 4.78 is 10.8. The topological polar surface area (TPSA) is 76.1 Å². The van der Waals surface area contributed by atoms with E-state index in [0.29, 0.717) is 5.75 Å². The summed E-state index contributed by atoms with van der Waals surface area (Å²) >= 11 is 0. The molecular formula is C20H23NO5. The van der Waals surface area contributed by atoms with E-state index < -0.39 is 12.1 Å². The van der Waals surface area contributed by atoms with Crippen LogP contribution in [0.3, 0.4) is 0 Å². The van der Waals surface area contributed by atoms with Gasteiger partial charge in [-0.25, -0.2) is 0 Å². The van der Waals surface area contributed by atoms with Gasteiger partial charge in [0.2, 0.25) is 0 Å². The maximum atomic E-state index is 12.6. The minimum Gasteiger partial charge on any atom is -0.497 e. The molecule has 0 saturated heterocycles. The molecule has 26 heavy (non-hydrogen) atoms. The van der Waals surface area contributed by atoms with Crippen LogP contribution in [0.1, 0.15) is 18.1 Å². The minimum atomic E-state index is -1.06. The highest BCUT2D eigenvalue weighted by Gasteiger charge is 2.23.